The van der Waals surface area contributed by atoms with Crippen LogP contribution in [0.25, 0.3) is 10.2 Å². The number of fused-ring (bicyclic) bond motifs is 3. The van der Waals surface area contributed by atoms with Gasteiger partial charge in [0.1, 0.15) is 10.7 Å². The third kappa shape index (κ3) is 2.39. The molecule has 0 radical (unpaired) electrons. The Morgan fingerprint density at radius 2 is 2.30 bits per heavy atom. The molecule has 1 aliphatic rings. The molecular formula is C14H19N3O2S. The standard InChI is InChI=1S/C14H19N3O2S/c1-2-17(6-7-18)8-11-15-13(19)12-9-4-3-5-10(9)20-14(12)16-11/h18H,2-8H2,1H3,(H,15,16,19). The fourth-order valence-electron chi connectivity index (χ4n) is 2.82. The van der Waals surface area contributed by atoms with E-state index in [9.17, 15) is 4.79 Å². The molecular weight excluding hydrogens is 274 g/mol. The van der Waals surface area contributed by atoms with Gasteiger partial charge in [0.05, 0.1) is 18.5 Å². The Kier molecular flexibility index (Phi) is 3.87. The quantitative estimate of drug-likeness (QED) is 0.871. The summed E-state index contributed by atoms with van der Waals surface area (Å²) in [5.41, 5.74) is 1.21. The monoisotopic (exact) mass is 293 g/mol. The van der Waals surface area contributed by atoms with E-state index >= 15 is 0 Å². The molecule has 5 nitrogen and oxygen atoms in total. The van der Waals surface area contributed by atoms with Gasteiger partial charge in [-0.3, -0.25) is 9.69 Å². The molecule has 0 aromatic carbocycles. The van der Waals surface area contributed by atoms with Crippen LogP contribution in [-0.2, 0) is 19.4 Å². The largest absolute Gasteiger partial charge is 0.395 e. The summed E-state index contributed by atoms with van der Waals surface area (Å²) in [6, 6.07) is 0. The molecule has 0 amide bonds. The zero-order valence-corrected chi connectivity index (χ0v) is 12.4. The van der Waals surface area contributed by atoms with E-state index in [0.29, 0.717) is 18.9 Å². The first-order valence-corrected chi connectivity index (χ1v) is 7.91. The highest BCUT2D eigenvalue weighted by Crippen LogP contribution is 2.34. The molecule has 2 aromatic heterocycles. The molecule has 0 fully saturated rings. The summed E-state index contributed by atoms with van der Waals surface area (Å²) in [5, 5.41) is 9.82. The molecule has 0 aliphatic heterocycles. The van der Waals surface area contributed by atoms with E-state index in [1.54, 1.807) is 11.3 Å². The van der Waals surface area contributed by atoms with E-state index in [1.165, 1.54) is 10.4 Å². The zero-order chi connectivity index (χ0) is 14.1. The van der Waals surface area contributed by atoms with Crippen molar-refractivity contribution >= 4 is 21.6 Å². The van der Waals surface area contributed by atoms with Crippen LogP contribution in [0.4, 0.5) is 0 Å². The van der Waals surface area contributed by atoms with Crippen molar-refractivity contribution in [1.29, 1.82) is 0 Å². The highest BCUT2D eigenvalue weighted by atomic mass is 32.1. The molecule has 6 heteroatoms. The number of aromatic amines is 1. The van der Waals surface area contributed by atoms with Crippen LogP contribution < -0.4 is 5.56 Å². The van der Waals surface area contributed by atoms with Crippen molar-refractivity contribution in [2.24, 2.45) is 0 Å². The molecule has 0 saturated heterocycles. The number of hydrogen-bond acceptors (Lipinski definition) is 5. The number of rotatable bonds is 5. The number of H-pyrrole nitrogens is 1. The molecule has 20 heavy (non-hydrogen) atoms. The average Bonchev–Trinajstić information content (AvgIpc) is 2.97. The third-order valence-electron chi connectivity index (χ3n) is 3.86. The lowest BCUT2D eigenvalue weighted by atomic mass is 10.2. The summed E-state index contributed by atoms with van der Waals surface area (Å²) >= 11 is 1.66. The number of aromatic nitrogens is 2. The number of hydrogen-bond donors (Lipinski definition) is 2. The van der Waals surface area contributed by atoms with Crippen LogP contribution in [0.5, 0.6) is 0 Å². The number of nitrogens with zero attached hydrogens (tertiary/aromatic N) is 2. The van der Waals surface area contributed by atoms with Crippen molar-refractivity contribution in [2.45, 2.75) is 32.7 Å². The lowest BCUT2D eigenvalue weighted by Gasteiger charge is -2.17. The first-order chi connectivity index (χ1) is 9.72. The predicted molar refractivity (Wildman–Crippen MR) is 80.3 cm³/mol. The van der Waals surface area contributed by atoms with Crippen LogP contribution >= 0.6 is 11.3 Å². The van der Waals surface area contributed by atoms with Crippen molar-refractivity contribution in [3.63, 3.8) is 0 Å². The van der Waals surface area contributed by atoms with Gasteiger partial charge in [-0.2, -0.15) is 0 Å². The van der Waals surface area contributed by atoms with Crippen LogP contribution in [-0.4, -0.2) is 39.7 Å². The van der Waals surface area contributed by atoms with Crippen LogP contribution in [0.3, 0.4) is 0 Å². The summed E-state index contributed by atoms with van der Waals surface area (Å²) in [6.07, 6.45) is 3.24. The Balaban J connectivity index is 1.96. The topological polar surface area (TPSA) is 69.2 Å². The fraction of sp³-hybridized carbons (Fsp3) is 0.571. The predicted octanol–water partition coefficient (Wildman–Crippen LogP) is 1.29. The minimum atomic E-state index is -0.00977. The lowest BCUT2D eigenvalue weighted by Crippen LogP contribution is -2.28. The Morgan fingerprint density at radius 1 is 1.45 bits per heavy atom. The van der Waals surface area contributed by atoms with E-state index < -0.39 is 0 Å². The molecule has 0 atom stereocenters. The van der Waals surface area contributed by atoms with Gasteiger partial charge < -0.3 is 10.1 Å². The Hall–Kier alpha value is -1.24. The molecule has 1 aliphatic carbocycles. The van der Waals surface area contributed by atoms with Crippen molar-refractivity contribution in [2.75, 3.05) is 19.7 Å². The first-order valence-electron chi connectivity index (χ1n) is 7.09. The molecule has 3 rings (SSSR count). The van der Waals surface area contributed by atoms with Crippen molar-refractivity contribution in [3.05, 3.63) is 26.6 Å². The van der Waals surface area contributed by atoms with Gasteiger partial charge in [-0.25, -0.2) is 4.98 Å². The number of aryl methyl sites for hydroxylation is 2. The van der Waals surface area contributed by atoms with Gasteiger partial charge in [0.15, 0.2) is 0 Å². The average molecular weight is 293 g/mol. The van der Waals surface area contributed by atoms with Gasteiger partial charge in [0.2, 0.25) is 0 Å². The number of aliphatic hydroxyl groups excluding tert-OH is 1. The smallest absolute Gasteiger partial charge is 0.259 e. The summed E-state index contributed by atoms with van der Waals surface area (Å²) in [4.78, 5) is 24.1. The number of thiophene rings is 1. The van der Waals surface area contributed by atoms with E-state index in [2.05, 4.69) is 14.9 Å². The highest BCUT2D eigenvalue weighted by Gasteiger charge is 2.21. The maximum atomic E-state index is 12.3. The third-order valence-corrected chi connectivity index (χ3v) is 5.05. The molecule has 2 N–H and O–H groups in total. The summed E-state index contributed by atoms with van der Waals surface area (Å²) in [7, 11) is 0. The zero-order valence-electron chi connectivity index (χ0n) is 11.6. The lowest BCUT2D eigenvalue weighted by molar-refractivity contribution is 0.194. The van der Waals surface area contributed by atoms with Crippen LogP contribution in [0.15, 0.2) is 4.79 Å². The minimum Gasteiger partial charge on any atom is -0.395 e. The van der Waals surface area contributed by atoms with Gasteiger partial charge in [-0.15, -0.1) is 11.3 Å². The van der Waals surface area contributed by atoms with Gasteiger partial charge >= 0.3 is 0 Å². The number of aliphatic hydroxyl groups is 1. The number of likely N-dealkylation sites (N-methyl/N-ethyl adjacent to an activating group) is 1. The molecule has 0 saturated carbocycles. The van der Waals surface area contributed by atoms with Gasteiger partial charge in [-0.05, 0) is 31.4 Å². The Bertz CT molecular complexity index is 677. The Labute approximate surface area is 121 Å². The minimum absolute atomic E-state index is 0.00977. The van der Waals surface area contributed by atoms with E-state index in [1.807, 2.05) is 6.92 Å². The van der Waals surface area contributed by atoms with Gasteiger partial charge in [0, 0.05) is 11.4 Å². The highest BCUT2D eigenvalue weighted by molar-refractivity contribution is 7.18. The van der Waals surface area contributed by atoms with E-state index in [-0.39, 0.29) is 12.2 Å². The summed E-state index contributed by atoms with van der Waals surface area (Å²) in [5.74, 6) is 0.692. The molecule has 108 valence electrons. The van der Waals surface area contributed by atoms with Crippen molar-refractivity contribution < 1.29 is 5.11 Å². The fourth-order valence-corrected chi connectivity index (χ4v) is 4.10. The maximum Gasteiger partial charge on any atom is 0.259 e. The van der Waals surface area contributed by atoms with Gasteiger partial charge in [0.25, 0.3) is 5.56 Å². The Morgan fingerprint density at radius 3 is 3.05 bits per heavy atom. The first kappa shape index (κ1) is 13.7. The SMILES string of the molecule is CCN(CCO)Cc1nc2sc3c(c2c(=O)[nH]1)CCC3. The normalized spacial score (nSPS) is 14.3. The second-order valence-corrected chi connectivity index (χ2v) is 6.23. The van der Waals surface area contributed by atoms with Crippen LogP contribution in [0, 0.1) is 0 Å². The molecule has 0 unspecified atom stereocenters. The van der Waals surface area contributed by atoms with Crippen LogP contribution in [0.1, 0.15) is 29.6 Å². The number of nitrogens with one attached hydrogen (secondary N) is 1. The van der Waals surface area contributed by atoms with E-state index in [4.69, 9.17) is 5.11 Å². The molecule has 0 spiro atoms. The second-order valence-electron chi connectivity index (χ2n) is 5.14. The maximum absolute atomic E-state index is 12.3. The van der Waals surface area contributed by atoms with Crippen molar-refractivity contribution in [1.82, 2.24) is 14.9 Å². The molecule has 2 aromatic rings. The van der Waals surface area contributed by atoms with Crippen LogP contribution in [0.2, 0.25) is 0 Å². The van der Waals surface area contributed by atoms with Crippen molar-refractivity contribution in [3.8, 4) is 0 Å². The van der Waals surface area contributed by atoms with E-state index in [0.717, 1.165) is 36.0 Å². The van der Waals surface area contributed by atoms with Gasteiger partial charge in [-0.1, -0.05) is 6.92 Å². The second kappa shape index (κ2) is 5.63. The summed E-state index contributed by atoms with van der Waals surface area (Å²) < 4.78 is 0. The molecule has 2 heterocycles. The molecule has 0 bridgehead atoms. The summed E-state index contributed by atoms with van der Waals surface area (Å²) in [6.45, 7) is 4.15.